The Morgan fingerprint density at radius 2 is 2.25 bits per heavy atom. The molecule has 0 N–H and O–H groups in total. The van der Waals surface area contributed by atoms with Gasteiger partial charge in [0.2, 0.25) is 6.17 Å². The van der Waals surface area contributed by atoms with Gasteiger partial charge < -0.3 is 4.74 Å². The van der Waals surface area contributed by atoms with E-state index in [0.29, 0.717) is 6.08 Å². The first kappa shape index (κ1) is 11.0. The third-order valence-electron chi connectivity index (χ3n) is 1.13. The van der Waals surface area contributed by atoms with E-state index in [2.05, 4.69) is 11.3 Å². The maximum atomic E-state index is 12.4. The number of carbonyl (C=O) groups excluding carboxylic acids is 1. The second-order valence-electron chi connectivity index (χ2n) is 2.06. The standard InChI is InChI=1S/C7H9F3O2/c1-3-5(8)7(9,10)12-6(11)4-2/h4-5H,2-3H2,1H3. The van der Waals surface area contributed by atoms with E-state index in [9.17, 15) is 18.0 Å². The van der Waals surface area contributed by atoms with Gasteiger partial charge in [0.05, 0.1) is 0 Å². The molecule has 0 radical (unpaired) electrons. The van der Waals surface area contributed by atoms with Gasteiger partial charge in [-0.3, -0.25) is 0 Å². The van der Waals surface area contributed by atoms with Crippen LogP contribution in [-0.2, 0) is 9.53 Å². The largest absolute Gasteiger partial charge is 0.432 e. The maximum absolute atomic E-state index is 12.4. The summed E-state index contributed by atoms with van der Waals surface area (Å²) in [6.45, 7) is 4.12. The summed E-state index contributed by atoms with van der Waals surface area (Å²) in [4.78, 5) is 10.3. The van der Waals surface area contributed by atoms with Gasteiger partial charge in [0.1, 0.15) is 0 Å². The number of rotatable bonds is 4. The van der Waals surface area contributed by atoms with Gasteiger partial charge in [-0.05, 0) is 6.42 Å². The minimum Gasteiger partial charge on any atom is -0.395 e. The monoisotopic (exact) mass is 182 g/mol. The Morgan fingerprint density at radius 1 is 1.75 bits per heavy atom. The molecule has 1 atom stereocenters. The molecule has 0 rings (SSSR count). The van der Waals surface area contributed by atoms with Gasteiger partial charge in [-0.2, -0.15) is 8.78 Å². The number of alkyl halides is 3. The Balaban J connectivity index is 4.20. The van der Waals surface area contributed by atoms with Gasteiger partial charge >= 0.3 is 12.1 Å². The van der Waals surface area contributed by atoms with Crippen molar-refractivity contribution >= 4 is 5.97 Å². The fraction of sp³-hybridized carbons (Fsp3) is 0.571. The van der Waals surface area contributed by atoms with Crippen LogP contribution < -0.4 is 0 Å². The molecule has 0 aromatic carbocycles. The highest BCUT2D eigenvalue weighted by Crippen LogP contribution is 2.25. The predicted octanol–water partition coefficient (Wildman–Crippen LogP) is 2.06. The Morgan fingerprint density at radius 3 is 2.58 bits per heavy atom. The molecule has 5 heteroatoms. The predicted molar refractivity (Wildman–Crippen MR) is 36.4 cm³/mol. The van der Waals surface area contributed by atoms with Gasteiger partial charge in [-0.25, -0.2) is 9.18 Å². The van der Waals surface area contributed by atoms with Crippen LogP contribution in [0.25, 0.3) is 0 Å². The molecule has 0 spiro atoms. The Bertz CT molecular complexity index is 179. The molecule has 0 saturated heterocycles. The Kier molecular flexibility index (Phi) is 3.79. The minimum absolute atomic E-state index is 0.419. The summed E-state index contributed by atoms with van der Waals surface area (Å²) in [5.74, 6) is -1.34. The van der Waals surface area contributed by atoms with Gasteiger partial charge in [0.15, 0.2) is 0 Å². The molecular formula is C7H9F3O2. The van der Waals surface area contributed by atoms with E-state index in [1.54, 1.807) is 0 Å². The fourth-order valence-electron chi connectivity index (χ4n) is 0.477. The van der Waals surface area contributed by atoms with E-state index >= 15 is 0 Å². The molecule has 0 aromatic rings. The van der Waals surface area contributed by atoms with E-state index in [1.165, 1.54) is 6.92 Å². The molecule has 2 nitrogen and oxygen atoms in total. The van der Waals surface area contributed by atoms with Gasteiger partial charge in [-0.1, -0.05) is 13.5 Å². The Hall–Kier alpha value is -1.00. The first-order chi connectivity index (χ1) is 5.44. The van der Waals surface area contributed by atoms with Crippen LogP contribution >= 0.6 is 0 Å². The molecule has 12 heavy (non-hydrogen) atoms. The molecular weight excluding hydrogens is 173 g/mol. The first-order valence-corrected chi connectivity index (χ1v) is 3.31. The summed E-state index contributed by atoms with van der Waals surface area (Å²) in [6, 6.07) is 0. The summed E-state index contributed by atoms with van der Waals surface area (Å²) in [5.41, 5.74) is 0. The molecule has 0 aliphatic rings. The van der Waals surface area contributed by atoms with E-state index in [0.717, 1.165) is 0 Å². The van der Waals surface area contributed by atoms with Crippen LogP contribution in [0.15, 0.2) is 12.7 Å². The third kappa shape index (κ3) is 2.94. The number of halogens is 3. The molecule has 70 valence electrons. The third-order valence-corrected chi connectivity index (χ3v) is 1.13. The number of ether oxygens (including phenoxy) is 1. The number of carbonyl (C=O) groups is 1. The molecule has 0 fully saturated rings. The van der Waals surface area contributed by atoms with Crippen molar-refractivity contribution in [1.82, 2.24) is 0 Å². The van der Waals surface area contributed by atoms with Gasteiger partial charge in [-0.15, -0.1) is 0 Å². The van der Waals surface area contributed by atoms with Crippen molar-refractivity contribution < 1.29 is 22.7 Å². The molecule has 0 amide bonds. The van der Waals surface area contributed by atoms with Crippen molar-refractivity contribution in [3.05, 3.63) is 12.7 Å². The van der Waals surface area contributed by atoms with Crippen LogP contribution in [-0.4, -0.2) is 18.2 Å². The average Bonchev–Trinajstić information content (AvgIpc) is 2.02. The summed E-state index contributed by atoms with van der Waals surface area (Å²) in [7, 11) is 0. The molecule has 0 aliphatic heterocycles. The zero-order valence-corrected chi connectivity index (χ0v) is 6.52. The van der Waals surface area contributed by atoms with Crippen molar-refractivity contribution in [2.45, 2.75) is 25.6 Å². The first-order valence-electron chi connectivity index (χ1n) is 3.31. The maximum Gasteiger partial charge on any atom is 0.432 e. The van der Waals surface area contributed by atoms with Crippen molar-refractivity contribution in [2.75, 3.05) is 0 Å². The van der Waals surface area contributed by atoms with Crippen LogP contribution in [0.5, 0.6) is 0 Å². The van der Waals surface area contributed by atoms with Gasteiger partial charge in [0, 0.05) is 6.08 Å². The summed E-state index contributed by atoms with van der Waals surface area (Å²) >= 11 is 0. The van der Waals surface area contributed by atoms with E-state index < -0.39 is 24.7 Å². The summed E-state index contributed by atoms with van der Waals surface area (Å²) < 4.78 is 40.6. The van der Waals surface area contributed by atoms with Crippen molar-refractivity contribution in [3.63, 3.8) is 0 Å². The lowest BCUT2D eigenvalue weighted by atomic mass is 10.3. The SMILES string of the molecule is C=CC(=O)OC(F)(F)C(F)CC. The number of hydrogen-bond donors (Lipinski definition) is 0. The molecule has 1 unspecified atom stereocenters. The average molecular weight is 182 g/mol. The molecule has 0 bridgehead atoms. The molecule has 0 heterocycles. The van der Waals surface area contributed by atoms with Crippen molar-refractivity contribution in [2.24, 2.45) is 0 Å². The number of esters is 1. The van der Waals surface area contributed by atoms with Crippen LogP contribution in [0, 0.1) is 0 Å². The highest BCUT2D eigenvalue weighted by atomic mass is 19.3. The van der Waals surface area contributed by atoms with Crippen molar-refractivity contribution in [3.8, 4) is 0 Å². The van der Waals surface area contributed by atoms with Crippen LogP contribution in [0.4, 0.5) is 13.2 Å². The van der Waals surface area contributed by atoms with Crippen molar-refractivity contribution in [1.29, 1.82) is 0 Å². The van der Waals surface area contributed by atoms with Crippen LogP contribution in [0.2, 0.25) is 0 Å². The van der Waals surface area contributed by atoms with Crippen LogP contribution in [0.3, 0.4) is 0 Å². The van der Waals surface area contributed by atoms with E-state index in [-0.39, 0.29) is 0 Å². The van der Waals surface area contributed by atoms with Gasteiger partial charge in [0.25, 0.3) is 0 Å². The molecule has 0 aliphatic carbocycles. The summed E-state index contributed by atoms with van der Waals surface area (Å²) in [6.07, 6.45) is -6.39. The lowest BCUT2D eigenvalue weighted by Crippen LogP contribution is -2.34. The highest BCUT2D eigenvalue weighted by molar-refractivity contribution is 5.81. The molecule has 0 saturated carbocycles. The fourth-order valence-corrected chi connectivity index (χ4v) is 0.477. The zero-order chi connectivity index (χ0) is 9.78. The molecule has 0 aromatic heterocycles. The van der Waals surface area contributed by atoms with E-state index in [1.807, 2.05) is 0 Å². The number of hydrogen-bond acceptors (Lipinski definition) is 2. The van der Waals surface area contributed by atoms with Crippen LogP contribution in [0.1, 0.15) is 13.3 Å². The lowest BCUT2D eigenvalue weighted by molar-refractivity contribution is -0.257. The second-order valence-corrected chi connectivity index (χ2v) is 2.06. The highest BCUT2D eigenvalue weighted by Gasteiger charge is 2.42. The topological polar surface area (TPSA) is 26.3 Å². The zero-order valence-electron chi connectivity index (χ0n) is 6.52. The lowest BCUT2D eigenvalue weighted by Gasteiger charge is -2.17. The second kappa shape index (κ2) is 4.13. The quantitative estimate of drug-likeness (QED) is 0.491. The van der Waals surface area contributed by atoms with E-state index in [4.69, 9.17) is 0 Å². The summed E-state index contributed by atoms with van der Waals surface area (Å²) in [5, 5.41) is 0. The minimum atomic E-state index is -4.06. The normalized spacial score (nSPS) is 13.7. The smallest absolute Gasteiger partial charge is 0.395 e. The Labute approximate surface area is 68.0 Å².